The molecule has 0 aromatic heterocycles. The van der Waals surface area contributed by atoms with Gasteiger partial charge in [0.1, 0.15) is 0 Å². The van der Waals surface area contributed by atoms with E-state index in [4.69, 9.17) is 0 Å². The normalized spacial score (nSPS) is 14.7. The van der Waals surface area contributed by atoms with E-state index in [1.165, 1.54) is 68.1 Å². The Bertz CT molecular complexity index is 2210. The van der Waals surface area contributed by atoms with Crippen LogP contribution in [-0.2, 0) is 10.8 Å². The Hall–Kier alpha value is -5.40. The highest BCUT2D eigenvalue weighted by atomic mass is 15.1. The van der Waals surface area contributed by atoms with Gasteiger partial charge < -0.3 is 4.90 Å². The Labute approximate surface area is 291 Å². The van der Waals surface area contributed by atoms with Gasteiger partial charge in [-0.3, -0.25) is 0 Å². The second-order valence-corrected chi connectivity index (χ2v) is 14.9. The molecule has 1 heteroatoms. The van der Waals surface area contributed by atoms with E-state index in [2.05, 4.69) is 196 Å². The number of nitrogens with zero attached hydrogens (tertiary/aromatic N) is 1. The van der Waals surface area contributed by atoms with Crippen LogP contribution in [0.15, 0.2) is 164 Å². The van der Waals surface area contributed by atoms with E-state index in [-0.39, 0.29) is 10.8 Å². The van der Waals surface area contributed by atoms with Gasteiger partial charge in [-0.25, -0.2) is 0 Å². The van der Waals surface area contributed by atoms with Crippen molar-refractivity contribution in [1.82, 2.24) is 0 Å². The average Bonchev–Trinajstić information content (AvgIpc) is 3.14. The van der Waals surface area contributed by atoms with Gasteiger partial charge in [-0.15, -0.1) is 0 Å². The van der Waals surface area contributed by atoms with Crippen LogP contribution < -0.4 is 4.90 Å². The lowest BCUT2D eigenvalue weighted by molar-refractivity contribution is 0.332. The second-order valence-electron chi connectivity index (χ2n) is 14.9. The Kier molecular flexibility index (Phi) is 7.72. The number of para-hydroxylation sites is 2. The number of anilines is 3. The smallest absolute Gasteiger partial charge is 0.0540 e. The molecule has 7 aromatic rings. The van der Waals surface area contributed by atoms with E-state index >= 15 is 0 Å². The van der Waals surface area contributed by atoms with Crippen molar-refractivity contribution >= 4 is 27.8 Å². The lowest BCUT2D eigenvalue weighted by Crippen LogP contribution is -2.33. The molecule has 0 radical (unpaired) electrons. The van der Waals surface area contributed by atoms with Crippen molar-refractivity contribution in [1.29, 1.82) is 0 Å². The summed E-state index contributed by atoms with van der Waals surface area (Å²) in [5.74, 6) is 0. The minimum Gasteiger partial charge on any atom is -0.310 e. The maximum absolute atomic E-state index is 2.49. The molecule has 49 heavy (non-hydrogen) atoms. The number of rotatable bonds is 6. The summed E-state index contributed by atoms with van der Waals surface area (Å²) in [5.41, 5.74) is 14.0. The first-order valence-corrected chi connectivity index (χ1v) is 17.6. The standard InChI is InChI=1S/C48H43N/c1-47(2)26-27-48(3,4)45-33-40-28-37(25-24-36(40)32-44(45)47)43-22-14-15-23-46(43)49(41-20-12-7-13-21-41)42-30-38(34-16-8-5-9-17-34)29-39(31-42)35-18-10-6-11-19-35/h5-25,28-33H,26-27H2,1-4H3. The van der Waals surface area contributed by atoms with Crippen molar-refractivity contribution in [2.75, 3.05) is 4.90 Å². The molecular weight excluding hydrogens is 591 g/mol. The van der Waals surface area contributed by atoms with Crippen molar-refractivity contribution in [3.8, 4) is 33.4 Å². The van der Waals surface area contributed by atoms with Crippen molar-refractivity contribution < 1.29 is 0 Å². The summed E-state index contributed by atoms with van der Waals surface area (Å²) < 4.78 is 0. The first kappa shape index (κ1) is 30.9. The molecule has 0 heterocycles. The Morgan fingerprint density at radius 2 is 0.898 bits per heavy atom. The summed E-state index contributed by atoms with van der Waals surface area (Å²) in [5, 5.41) is 2.62. The maximum atomic E-state index is 2.49. The SMILES string of the molecule is CC1(C)CCC(C)(C)c2cc3cc(-c4ccccc4N(c4ccccc4)c4cc(-c5ccccc5)cc(-c5ccccc5)c4)ccc3cc21. The highest BCUT2D eigenvalue weighted by Gasteiger charge is 2.37. The summed E-state index contributed by atoms with van der Waals surface area (Å²) >= 11 is 0. The van der Waals surface area contributed by atoms with Crippen molar-refractivity contribution in [2.24, 2.45) is 0 Å². The van der Waals surface area contributed by atoms with Gasteiger partial charge in [0.15, 0.2) is 0 Å². The largest absolute Gasteiger partial charge is 0.310 e. The highest BCUT2D eigenvalue weighted by Crippen LogP contribution is 2.48. The molecule has 0 aliphatic heterocycles. The fourth-order valence-corrected chi connectivity index (χ4v) is 7.73. The molecular formula is C48H43N. The lowest BCUT2D eigenvalue weighted by Gasteiger charge is -2.42. The molecule has 0 atom stereocenters. The number of benzene rings is 7. The van der Waals surface area contributed by atoms with Crippen molar-refractivity contribution in [3.63, 3.8) is 0 Å². The monoisotopic (exact) mass is 633 g/mol. The zero-order chi connectivity index (χ0) is 33.6. The summed E-state index contributed by atoms with van der Waals surface area (Å²) in [7, 11) is 0. The third-order valence-electron chi connectivity index (χ3n) is 10.7. The minimum absolute atomic E-state index is 0.164. The topological polar surface area (TPSA) is 3.24 Å². The van der Waals surface area contributed by atoms with Gasteiger partial charge in [0.05, 0.1) is 5.69 Å². The molecule has 0 unspecified atom stereocenters. The molecule has 1 aliphatic carbocycles. The first-order chi connectivity index (χ1) is 23.8. The molecule has 240 valence electrons. The predicted octanol–water partition coefficient (Wildman–Crippen LogP) is 13.7. The van der Waals surface area contributed by atoms with E-state index in [1.54, 1.807) is 0 Å². The van der Waals surface area contributed by atoms with Crippen LogP contribution in [-0.4, -0.2) is 0 Å². The van der Waals surface area contributed by atoms with Crippen LogP contribution >= 0.6 is 0 Å². The molecule has 0 saturated heterocycles. The van der Waals surface area contributed by atoms with E-state index in [0.29, 0.717) is 0 Å². The third-order valence-corrected chi connectivity index (χ3v) is 10.7. The Morgan fingerprint density at radius 1 is 0.388 bits per heavy atom. The zero-order valence-corrected chi connectivity index (χ0v) is 28.9. The predicted molar refractivity (Wildman–Crippen MR) is 210 cm³/mol. The molecule has 0 N–H and O–H groups in total. The van der Waals surface area contributed by atoms with Crippen LogP contribution in [0.1, 0.15) is 51.7 Å². The van der Waals surface area contributed by atoms with Crippen LogP contribution in [0.3, 0.4) is 0 Å². The van der Waals surface area contributed by atoms with Gasteiger partial charge in [-0.1, -0.05) is 149 Å². The quantitative estimate of drug-likeness (QED) is 0.176. The number of fused-ring (bicyclic) bond motifs is 2. The number of hydrogen-bond donors (Lipinski definition) is 0. The highest BCUT2D eigenvalue weighted by molar-refractivity contribution is 5.95. The van der Waals surface area contributed by atoms with Crippen LogP contribution in [0.25, 0.3) is 44.2 Å². The molecule has 0 fully saturated rings. The Balaban J connectivity index is 1.33. The van der Waals surface area contributed by atoms with E-state index in [1.807, 2.05) is 0 Å². The molecule has 7 aromatic carbocycles. The van der Waals surface area contributed by atoms with Crippen LogP contribution in [0.4, 0.5) is 17.1 Å². The fraction of sp³-hybridized carbons (Fsp3) is 0.167. The van der Waals surface area contributed by atoms with Gasteiger partial charge >= 0.3 is 0 Å². The van der Waals surface area contributed by atoms with Gasteiger partial charge in [0.2, 0.25) is 0 Å². The van der Waals surface area contributed by atoms with Gasteiger partial charge in [0.25, 0.3) is 0 Å². The third kappa shape index (κ3) is 5.85. The fourth-order valence-electron chi connectivity index (χ4n) is 7.73. The summed E-state index contributed by atoms with van der Waals surface area (Å²) in [6.45, 7) is 9.64. The van der Waals surface area contributed by atoms with E-state index in [0.717, 1.165) is 17.1 Å². The first-order valence-electron chi connectivity index (χ1n) is 17.6. The lowest BCUT2D eigenvalue weighted by atomic mass is 9.63. The number of hydrogen-bond acceptors (Lipinski definition) is 1. The van der Waals surface area contributed by atoms with Crippen molar-refractivity contribution in [2.45, 2.75) is 51.4 Å². The maximum Gasteiger partial charge on any atom is 0.0540 e. The van der Waals surface area contributed by atoms with Gasteiger partial charge in [0, 0.05) is 16.9 Å². The van der Waals surface area contributed by atoms with E-state index < -0.39 is 0 Å². The summed E-state index contributed by atoms with van der Waals surface area (Å²) in [6, 6.07) is 60.1. The van der Waals surface area contributed by atoms with Crippen molar-refractivity contribution in [3.05, 3.63) is 175 Å². The minimum atomic E-state index is 0.164. The van der Waals surface area contributed by atoms with E-state index in [9.17, 15) is 0 Å². The van der Waals surface area contributed by atoms with Crippen LogP contribution in [0.2, 0.25) is 0 Å². The molecule has 0 saturated carbocycles. The average molecular weight is 634 g/mol. The molecule has 0 amide bonds. The molecule has 1 aliphatic rings. The summed E-state index contributed by atoms with van der Waals surface area (Å²) in [6.07, 6.45) is 2.43. The van der Waals surface area contributed by atoms with Gasteiger partial charge in [-0.05, 0) is 116 Å². The van der Waals surface area contributed by atoms with Gasteiger partial charge in [-0.2, -0.15) is 0 Å². The summed E-state index contributed by atoms with van der Waals surface area (Å²) in [4.78, 5) is 2.43. The van der Waals surface area contributed by atoms with Crippen LogP contribution in [0, 0.1) is 0 Å². The zero-order valence-electron chi connectivity index (χ0n) is 28.9. The molecule has 0 bridgehead atoms. The van der Waals surface area contributed by atoms with Crippen LogP contribution in [0.5, 0.6) is 0 Å². The molecule has 0 spiro atoms. The Morgan fingerprint density at radius 3 is 1.49 bits per heavy atom. The second kappa shape index (κ2) is 12.2. The molecule has 1 nitrogen and oxygen atoms in total. The molecule has 8 rings (SSSR count).